The van der Waals surface area contributed by atoms with E-state index in [4.69, 9.17) is 9.16 Å². The van der Waals surface area contributed by atoms with Gasteiger partial charge in [-0.25, -0.2) is 4.79 Å². The van der Waals surface area contributed by atoms with Crippen molar-refractivity contribution in [1.29, 1.82) is 0 Å². The molecule has 0 bridgehead atoms. The van der Waals surface area contributed by atoms with Crippen LogP contribution >= 0.6 is 0 Å². The Labute approximate surface area is 154 Å². The summed E-state index contributed by atoms with van der Waals surface area (Å²) in [6.45, 7) is 11.5. The Balaban J connectivity index is 1.94. The first-order valence-electron chi connectivity index (χ1n) is 9.37. The number of rotatable bonds is 5. The van der Waals surface area contributed by atoms with Crippen LogP contribution in [0.3, 0.4) is 0 Å². The molecule has 0 unspecified atom stereocenters. The number of amides is 1. The van der Waals surface area contributed by atoms with Gasteiger partial charge < -0.3 is 9.16 Å². The molecule has 1 aliphatic rings. The lowest BCUT2D eigenvalue weighted by atomic mass is 9.70. The molecule has 0 aromatic heterocycles. The van der Waals surface area contributed by atoms with E-state index in [0.717, 1.165) is 31.2 Å². The molecule has 2 rings (SSSR count). The second-order valence-corrected chi connectivity index (χ2v) is 10.8. The highest BCUT2D eigenvalue weighted by Crippen LogP contribution is 2.42. The normalized spacial score (nSPS) is 24.2. The Morgan fingerprint density at radius 3 is 2.32 bits per heavy atom. The zero-order chi connectivity index (χ0) is 18.5. The summed E-state index contributed by atoms with van der Waals surface area (Å²) in [6.07, 6.45) is 3.49. The van der Waals surface area contributed by atoms with E-state index < -0.39 is 14.8 Å². The van der Waals surface area contributed by atoms with Gasteiger partial charge in [0.05, 0.1) is 0 Å². The van der Waals surface area contributed by atoms with Gasteiger partial charge in [0, 0.05) is 0 Å². The van der Waals surface area contributed by atoms with E-state index in [1.54, 1.807) is 0 Å². The molecule has 1 amide bonds. The third kappa shape index (κ3) is 6.15. The zero-order valence-corrected chi connectivity index (χ0v) is 17.5. The predicted octanol–water partition coefficient (Wildman–Crippen LogP) is 4.85. The molecule has 25 heavy (non-hydrogen) atoms. The number of nitrogens with one attached hydrogen (secondary N) is 1. The van der Waals surface area contributed by atoms with Gasteiger partial charge in [0.2, 0.25) is 0 Å². The topological polar surface area (TPSA) is 47.6 Å². The van der Waals surface area contributed by atoms with Crippen LogP contribution in [-0.4, -0.2) is 20.9 Å². The van der Waals surface area contributed by atoms with Gasteiger partial charge in [-0.1, -0.05) is 51.1 Å². The van der Waals surface area contributed by atoms with Gasteiger partial charge in [-0.05, 0) is 55.7 Å². The summed E-state index contributed by atoms with van der Waals surface area (Å²) in [5.41, 5.74) is 0.743. The third-order valence-corrected chi connectivity index (χ3v) is 5.94. The third-order valence-electron chi connectivity index (χ3n) is 5.02. The minimum Gasteiger partial charge on any atom is -0.445 e. The molecule has 1 aliphatic carbocycles. The molecule has 0 heterocycles. The van der Waals surface area contributed by atoms with E-state index in [0.29, 0.717) is 11.3 Å². The number of hydrogen-bond donors (Lipinski definition) is 1. The van der Waals surface area contributed by atoms with Crippen LogP contribution in [-0.2, 0) is 15.8 Å². The predicted molar refractivity (Wildman–Crippen MR) is 104 cm³/mol. The van der Waals surface area contributed by atoms with Crippen molar-refractivity contribution in [2.45, 2.75) is 71.9 Å². The highest BCUT2D eigenvalue weighted by atomic mass is 28.3. The molecule has 4 nitrogen and oxygen atoms in total. The van der Waals surface area contributed by atoms with Crippen LogP contribution in [0.1, 0.15) is 52.0 Å². The molecule has 140 valence electrons. The van der Waals surface area contributed by atoms with Crippen molar-refractivity contribution in [2.24, 2.45) is 11.3 Å². The van der Waals surface area contributed by atoms with Crippen molar-refractivity contribution in [3.8, 4) is 0 Å². The molecule has 1 aromatic rings. The lowest BCUT2D eigenvalue weighted by molar-refractivity contribution is -0.0308. The second-order valence-electron chi connectivity index (χ2n) is 8.49. The van der Waals surface area contributed by atoms with E-state index in [1.165, 1.54) is 0 Å². The summed E-state index contributed by atoms with van der Waals surface area (Å²) < 4.78 is 11.7. The highest BCUT2D eigenvalue weighted by Gasteiger charge is 2.41. The molecule has 0 spiro atoms. The Hall–Kier alpha value is -1.33. The maximum Gasteiger partial charge on any atom is 0.409 e. The fourth-order valence-corrected chi connectivity index (χ4v) is 4.82. The quantitative estimate of drug-likeness (QED) is 0.601. The molecule has 0 atom stereocenters. The molecule has 0 radical (unpaired) electrons. The largest absolute Gasteiger partial charge is 0.445 e. The first-order chi connectivity index (χ1) is 11.7. The summed E-state index contributed by atoms with van der Waals surface area (Å²) in [6, 6.07) is 9.75. The van der Waals surface area contributed by atoms with Crippen molar-refractivity contribution in [2.75, 3.05) is 0 Å². The van der Waals surface area contributed by atoms with Gasteiger partial charge in [-0.15, -0.1) is 0 Å². The van der Waals surface area contributed by atoms with Crippen LogP contribution in [0.4, 0.5) is 4.79 Å². The minimum atomic E-state index is -1.28. The molecule has 1 N–H and O–H groups in total. The van der Waals surface area contributed by atoms with Crippen LogP contribution in [0.25, 0.3) is 0 Å². The summed E-state index contributed by atoms with van der Waals surface area (Å²) >= 11 is 0. The minimum absolute atomic E-state index is 0.284. The Kier molecular flexibility index (Phi) is 6.69. The van der Waals surface area contributed by atoms with Crippen molar-refractivity contribution < 1.29 is 14.0 Å². The van der Waals surface area contributed by atoms with Gasteiger partial charge in [-0.3, -0.25) is 5.32 Å². The van der Waals surface area contributed by atoms with E-state index in [9.17, 15) is 4.79 Å². The maximum absolute atomic E-state index is 12.4. The van der Waals surface area contributed by atoms with Gasteiger partial charge >= 0.3 is 6.09 Å². The van der Waals surface area contributed by atoms with Crippen LogP contribution in [0.2, 0.25) is 13.1 Å². The number of benzene rings is 1. The first kappa shape index (κ1) is 20.0. The standard InChI is InChI=1S/C20H33NO3Si/c1-19(2,3)17-11-13-20(14-12-17,24-25(4)5)21-18(22)23-15-16-9-7-6-8-10-16/h6-10,17,25H,11-15H2,1-5H3,(H,21,22). The number of carbonyl (C=O) groups is 1. The highest BCUT2D eigenvalue weighted by molar-refractivity contribution is 6.48. The van der Waals surface area contributed by atoms with Crippen LogP contribution in [0.5, 0.6) is 0 Å². The number of carbonyl (C=O) groups excluding carboxylic acids is 1. The lowest BCUT2D eigenvalue weighted by Gasteiger charge is -2.45. The van der Waals surface area contributed by atoms with E-state index in [-0.39, 0.29) is 12.7 Å². The molecule has 0 aliphatic heterocycles. The Morgan fingerprint density at radius 2 is 1.80 bits per heavy atom. The summed E-state index contributed by atoms with van der Waals surface area (Å²) in [5, 5.41) is 3.06. The summed E-state index contributed by atoms with van der Waals surface area (Å²) in [4.78, 5) is 12.4. The van der Waals surface area contributed by atoms with Crippen molar-refractivity contribution >= 4 is 15.1 Å². The fraction of sp³-hybridized carbons (Fsp3) is 0.650. The monoisotopic (exact) mass is 363 g/mol. The fourth-order valence-electron chi connectivity index (χ4n) is 3.62. The first-order valence-corrected chi connectivity index (χ1v) is 12.1. The van der Waals surface area contributed by atoms with E-state index in [2.05, 4.69) is 39.2 Å². The van der Waals surface area contributed by atoms with Crippen molar-refractivity contribution in [3.63, 3.8) is 0 Å². The second kappa shape index (κ2) is 8.36. The summed E-state index contributed by atoms with van der Waals surface area (Å²) in [7, 11) is -1.28. The summed E-state index contributed by atoms with van der Waals surface area (Å²) in [5.74, 6) is 0.667. The Morgan fingerprint density at radius 1 is 1.20 bits per heavy atom. The van der Waals surface area contributed by atoms with E-state index >= 15 is 0 Å². The average molecular weight is 364 g/mol. The SMILES string of the molecule is C[SiH](C)OC1(NC(=O)OCc2ccccc2)CCC(C(C)(C)C)CC1. The lowest BCUT2D eigenvalue weighted by Crippen LogP contribution is -2.55. The van der Waals surface area contributed by atoms with Gasteiger partial charge in [0.15, 0.2) is 9.04 Å². The van der Waals surface area contributed by atoms with Gasteiger partial charge in [0.1, 0.15) is 12.3 Å². The number of ether oxygens (including phenoxy) is 1. The smallest absolute Gasteiger partial charge is 0.409 e. The van der Waals surface area contributed by atoms with Crippen LogP contribution < -0.4 is 5.32 Å². The molecular weight excluding hydrogens is 330 g/mol. The van der Waals surface area contributed by atoms with Crippen molar-refractivity contribution in [1.82, 2.24) is 5.32 Å². The maximum atomic E-state index is 12.4. The average Bonchev–Trinajstić information content (AvgIpc) is 2.52. The molecule has 1 fully saturated rings. The van der Waals surface area contributed by atoms with Crippen molar-refractivity contribution in [3.05, 3.63) is 35.9 Å². The zero-order valence-electron chi connectivity index (χ0n) is 16.3. The van der Waals surface area contributed by atoms with Gasteiger partial charge in [-0.2, -0.15) is 0 Å². The molecule has 1 aromatic carbocycles. The molecule has 1 saturated carbocycles. The van der Waals surface area contributed by atoms with E-state index in [1.807, 2.05) is 30.3 Å². The molecule has 5 heteroatoms. The van der Waals surface area contributed by atoms with Crippen LogP contribution in [0, 0.1) is 11.3 Å². The molecule has 0 saturated heterocycles. The van der Waals surface area contributed by atoms with Gasteiger partial charge in [0.25, 0.3) is 0 Å². The Bertz CT molecular complexity index is 546. The number of hydrogen-bond acceptors (Lipinski definition) is 3. The van der Waals surface area contributed by atoms with Crippen LogP contribution in [0.15, 0.2) is 30.3 Å². The molecular formula is C20H33NO3Si. The number of alkyl carbamates (subject to hydrolysis) is 1.